The molecule has 2 aromatic rings. The molecule has 2 bridgehead atoms. The molecule has 3 aliphatic heterocycles. The van der Waals surface area contributed by atoms with E-state index in [1.54, 1.807) is 0 Å². The van der Waals surface area contributed by atoms with Crippen LogP contribution in [0.1, 0.15) is 47.4 Å². The number of aryl methyl sites for hydroxylation is 2. The largest absolute Gasteiger partial charge is 0.451 e. The summed E-state index contributed by atoms with van der Waals surface area (Å²) in [5.41, 5.74) is 3.01. The fourth-order valence-electron chi connectivity index (χ4n) is 4.88. The average molecular weight is 352 g/mol. The maximum Gasteiger partial charge on any atom is 0.289 e. The van der Waals surface area contributed by atoms with Crippen LogP contribution in [0.4, 0.5) is 0 Å². The van der Waals surface area contributed by atoms with Crippen molar-refractivity contribution in [3.8, 4) is 0 Å². The van der Waals surface area contributed by atoms with E-state index in [0.29, 0.717) is 17.7 Å². The van der Waals surface area contributed by atoms with E-state index in [4.69, 9.17) is 4.42 Å². The normalized spacial score (nSPS) is 26.5. The van der Waals surface area contributed by atoms with Gasteiger partial charge in [-0.05, 0) is 63.5 Å². The van der Waals surface area contributed by atoms with Crippen LogP contribution in [0.25, 0.3) is 11.0 Å². The molecule has 2 atom stereocenters. The van der Waals surface area contributed by atoms with Gasteiger partial charge in [-0.25, -0.2) is 0 Å². The van der Waals surface area contributed by atoms with Gasteiger partial charge in [0.05, 0.1) is 0 Å². The van der Waals surface area contributed by atoms with Crippen molar-refractivity contribution in [1.29, 1.82) is 0 Å². The lowest BCUT2D eigenvalue weighted by Crippen LogP contribution is -2.45. The first-order valence-corrected chi connectivity index (χ1v) is 10.1. The fourth-order valence-corrected chi connectivity index (χ4v) is 4.88. The molecule has 1 aliphatic carbocycles. The van der Waals surface area contributed by atoms with Gasteiger partial charge >= 0.3 is 0 Å². The molecule has 0 unspecified atom stereocenters. The molecule has 1 saturated carbocycles. The van der Waals surface area contributed by atoms with Crippen LogP contribution in [0.3, 0.4) is 0 Å². The van der Waals surface area contributed by atoms with E-state index in [0.717, 1.165) is 35.5 Å². The van der Waals surface area contributed by atoms with Crippen molar-refractivity contribution in [3.63, 3.8) is 0 Å². The zero-order chi connectivity index (χ0) is 17.8. The summed E-state index contributed by atoms with van der Waals surface area (Å²) in [6.45, 7) is 8.25. The lowest BCUT2D eigenvalue weighted by Gasteiger charge is -2.36. The Kier molecular flexibility index (Phi) is 3.85. The van der Waals surface area contributed by atoms with E-state index in [1.165, 1.54) is 44.3 Å². The van der Waals surface area contributed by atoms with Crippen molar-refractivity contribution < 1.29 is 9.21 Å². The molecule has 0 spiro atoms. The highest BCUT2D eigenvalue weighted by Gasteiger charge is 2.39. The van der Waals surface area contributed by atoms with Crippen molar-refractivity contribution in [3.05, 3.63) is 35.1 Å². The number of carbonyl (C=O) groups is 1. The molecule has 26 heavy (non-hydrogen) atoms. The molecule has 4 heterocycles. The van der Waals surface area contributed by atoms with E-state index < -0.39 is 0 Å². The van der Waals surface area contributed by atoms with Crippen LogP contribution < -0.4 is 0 Å². The predicted molar refractivity (Wildman–Crippen MR) is 102 cm³/mol. The highest BCUT2D eigenvalue weighted by atomic mass is 16.3. The second kappa shape index (κ2) is 6.12. The van der Waals surface area contributed by atoms with Gasteiger partial charge in [0.15, 0.2) is 5.76 Å². The summed E-state index contributed by atoms with van der Waals surface area (Å²) in [5, 5.41) is 1.07. The molecule has 3 saturated heterocycles. The summed E-state index contributed by atoms with van der Waals surface area (Å²) in [6, 6.07) is 6.68. The van der Waals surface area contributed by atoms with Crippen molar-refractivity contribution in [1.82, 2.24) is 9.80 Å². The minimum absolute atomic E-state index is 0.0847. The van der Waals surface area contributed by atoms with Crippen LogP contribution in [-0.4, -0.2) is 47.9 Å². The lowest BCUT2D eigenvalue weighted by atomic mass is 9.95. The minimum Gasteiger partial charge on any atom is -0.451 e. The molecule has 4 fully saturated rings. The monoisotopic (exact) mass is 352 g/mol. The Morgan fingerprint density at radius 3 is 2.77 bits per heavy atom. The molecule has 4 nitrogen and oxygen atoms in total. The van der Waals surface area contributed by atoms with Gasteiger partial charge in [-0.3, -0.25) is 9.69 Å². The maximum atomic E-state index is 13.3. The maximum absolute atomic E-state index is 13.3. The molecular formula is C22H28N2O2. The number of amides is 1. The first-order valence-electron chi connectivity index (χ1n) is 10.1. The van der Waals surface area contributed by atoms with Crippen molar-refractivity contribution in [2.75, 3.05) is 26.2 Å². The quantitative estimate of drug-likeness (QED) is 0.838. The van der Waals surface area contributed by atoms with Gasteiger partial charge in [-0.2, -0.15) is 0 Å². The zero-order valence-electron chi connectivity index (χ0n) is 15.8. The number of nitrogens with zero attached hydrogens (tertiary/aromatic N) is 2. The Hall–Kier alpha value is -1.81. The molecule has 6 rings (SSSR count). The van der Waals surface area contributed by atoms with Crippen molar-refractivity contribution in [2.45, 2.75) is 45.6 Å². The minimum atomic E-state index is 0.0847. The number of fused-ring (bicyclic) bond motifs is 5. The summed E-state index contributed by atoms with van der Waals surface area (Å²) < 4.78 is 6.00. The third-order valence-electron chi connectivity index (χ3n) is 6.59. The molecule has 1 amide bonds. The van der Waals surface area contributed by atoms with Gasteiger partial charge in [0.25, 0.3) is 5.91 Å². The average Bonchev–Trinajstić information content (AvgIpc) is 3.43. The number of furan rings is 1. The molecule has 0 radical (unpaired) electrons. The third kappa shape index (κ3) is 2.84. The van der Waals surface area contributed by atoms with Gasteiger partial charge in [0, 0.05) is 43.2 Å². The number of hydrogen-bond donors (Lipinski definition) is 0. The topological polar surface area (TPSA) is 36.7 Å². The van der Waals surface area contributed by atoms with Crippen LogP contribution >= 0.6 is 0 Å². The summed E-state index contributed by atoms with van der Waals surface area (Å²) in [5.74, 6) is 2.16. The van der Waals surface area contributed by atoms with Gasteiger partial charge in [-0.1, -0.05) is 11.6 Å². The molecule has 4 aliphatic rings. The number of benzene rings is 1. The first kappa shape index (κ1) is 16.4. The van der Waals surface area contributed by atoms with E-state index in [1.807, 2.05) is 19.1 Å². The van der Waals surface area contributed by atoms with Crippen LogP contribution in [0.2, 0.25) is 0 Å². The van der Waals surface area contributed by atoms with E-state index in [2.05, 4.69) is 22.8 Å². The molecule has 1 aromatic carbocycles. The summed E-state index contributed by atoms with van der Waals surface area (Å²) in [6.07, 6.45) is 5.29. The number of carbonyl (C=O) groups excluding carboxylic acids is 1. The van der Waals surface area contributed by atoms with E-state index >= 15 is 0 Å². The Labute approximate surface area is 155 Å². The van der Waals surface area contributed by atoms with Gasteiger partial charge in [0.2, 0.25) is 0 Å². The second-order valence-corrected chi connectivity index (χ2v) is 8.76. The Morgan fingerprint density at radius 2 is 1.96 bits per heavy atom. The summed E-state index contributed by atoms with van der Waals surface area (Å²) >= 11 is 0. The predicted octanol–water partition coefficient (Wildman–Crippen LogP) is 4.00. The molecule has 4 heteroatoms. The highest BCUT2D eigenvalue weighted by molar-refractivity contribution is 5.99. The Bertz CT molecular complexity index is 851. The number of hydrogen-bond acceptors (Lipinski definition) is 3. The summed E-state index contributed by atoms with van der Waals surface area (Å²) in [7, 11) is 0. The Morgan fingerprint density at radius 1 is 1.12 bits per heavy atom. The van der Waals surface area contributed by atoms with Crippen molar-refractivity contribution >= 4 is 16.9 Å². The fraction of sp³-hybridized carbons (Fsp3) is 0.591. The van der Waals surface area contributed by atoms with Crippen LogP contribution in [-0.2, 0) is 0 Å². The van der Waals surface area contributed by atoms with E-state index in [-0.39, 0.29) is 5.91 Å². The zero-order valence-corrected chi connectivity index (χ0v) is 15.8. The number of rotatable bonds is 3. The molecule has 1 aromatic heterocycles. The van der Waals surface area contributed by atoms with Gasteiger partial charge in [-0.15, -0.1) is 0 Å². The van der Waals surface area contributed by atoms with Crippen molar-refractivity contribution in [2.24, 2.45) is 11.8 Å². The van der Waals surface area contributed by atoms with Gasteiger partial charge in [0.1, 0.15) is 5.58 Å². The SMILES string of the molecule is Cc1ccc2oc(C(=O)N3C[C@@H]4CC[C@H](C3)N(CC3CC3)C4)c(C)c2c1. The van der Waals surface area contributed by atoms with Gasteiger partial charge < -0.3 is 9.32 Å². The Balaban J connectivity index is 1.41. The standard InChI is InChI=1S/C22H28N2O2/c1-14-3-8-20-19(9-14)15(2)21(26-20)22(25)24-12-17-6-7-18(13-24)23(11-17)10-16-4-5-16/h3,8-9,16-18H,4-7,10-13H2,1-2H3/t17-,18-/m1/s1. The molecule has 0 N–H and O–H groups in total. The number of piperidine rings is 1. The smallest absolute Gasteiger partial charge is 0.289 e. The first-order chi connectivity index (χ1) is 12.6. The van der Waals surface area contributed by atoms with Crippen LogP contribution in [0.15, 0.2) is 22.6 Å². The second-order valence-electron chi connectivity index (χ2n) is 8.76. The summed E-state index contributed by atoms with van der Waals surface area (Å²) in [4.78, 5) is 18.1. The van der Waals surface area contributed by atoms with Crippen LogP contribution in [0.5, 0.6) is 0 Å². The highest BCUT2D eigenvalue weighted by Crippen LogP contribution is 2.35. The third-order valence-corrected chi connectivity index (χ3v) is 6.59. The van der Waals surface area contributed by atoms with Crippen LogP contribution in [0, 0.1) is 25.7 Å². The lowest BCUT2D eigenvalue weighted by molar-refractivity contribution is 0.0706. The molecular weight excluding hydrogens is 324 g/mol. The molecule has 138 valence electrons. The van der Waals surface area contributed by atoms with E-state index in [9.17, 15) is 4.79 Å².